The van der Waals surface area contributed by atoms with Crippen LogP contribution in [-0.4, -0.2) is 17.1 Å². The number of ether oxygens (including phenoxy) is 1. The maximum Gasteiger partial charge on any atom is 0.128 e. The topological polar surface area (TPSA) is 37.9 Å². The van der Waals surface area contributed by atoms with E-state index in [1.54, 1.807) is 13.3 Å². The van der Waals surface area contributed by atoms with Gasteiger partial charge in [0.15, 0.2) is 0 Å². The molecule has 1 N–H and O–H groups in total. The molecule has 0 bridgehead atoms. The van der Waals surface area contributed by atoms with Gasteiger partial charge in [-0.1, -0.05) is 12.1 Å². The number of H-pyrrole nitrogens is 1. The Morgan fingerprint density at radius 3 is 2.88 bits per heavy atom. The number of aromatic nitrogens is 2. The third kappa shape index (κ3) is 1.65. The largest absolute Gasteiger partial charge is 0.496 e. The Morgan fingerprint density at radius 1 is 1.18 bits per heavy atom. The third-order valence-corrected chi connectivity index (χ3v) is 2.82. The molecule has 0 aliphatic heterocycles. The molecule has 84 valence electrons. The molecule has 3 rings (SSSR count). The van der Waals surface area contributed by atoms with Crippen LogP contribution in [0.2, 0.25) is 0 Å². The number of para-hydroxylation sites is 1. The van der Waals surface area contributed by atoms with Gasteiger partial charge in [-0.3, -0.25) is 4.98 Å². The molecule has 3 heteroatoms. The smallest absolute Gasteiger partial charge is 0.128 e. The molecule has 0 spiro atoms. The zero-order valence-electron chi connectivity index (χ0n) is 9.47. The van der Waals surface area contributed by atoms with E-state index < -0.39 is 0 Å². The van der Waals surface area contributed by atoms with E-state index in [1.165, 1.54) is 0 Å². The summed E-state index contributed by atoms with van der Waals surface area (Å²) in [5.74, 6) is 0.868. The molecule has 0 radical (unpaired) electrons. The van der Waals surface area contributed by atoms with Crippen LogP contribution in [0.4, 0.5) is 0 Å². The van der Waals surface area contributed by atoms with Gasteiger partial charge in [0.2, 0.25) is 0 Å². The van der Waals surface area contributed by atoms with E-state index >= 15 is 0 Å². The highest BCUT2D eigenvalue weighted by molar-refractivity contribution is 5.86. The molecule has 2 heterocycles. The summed E-state index contributed by atoms with van der Waals surface area (Å²) in [7, 11) is 1.68. The summed E-state index contributed by atoms with van der Waals surface area (Å²) in [5.41, 5.74) is 3.14. The van der Waals surface area contributed by atoms with E-state index in [1.807, 2.05) is 36.5 Å². The van der Waals surface area contributed by atoms with Gasteiger partial charge >= 0.3 is 0 Å². The van der Waals surface area contributed by atoms with Crippen LogP contribution >= 0.6 is 0 Å². The van der Waals surface area contributed by atoms with Crippen molar-refractivity contribution in [3.05, 3.63) is 48.8 Å². The molecule has 0 unspecified atom stereocenters. The normalized spacial score (nSPS) is 10.6. The quantitative estimate of drug-likeness (QED) is 0.725. The van der Waals surface area contributed by atoms with E-state index in [2.05, 4.69) is 16.0 Å². The average Bonchev–Trinajstić information content (AvgIpc) is 2.82. The Morgan fingerprint density at radius 2 is 2.06 bits per heavy atom. The van der Waals surface area contributed by atoms with Crippen LogP contribution in [0.5, 0.6) is 5.75 Å². The first-order valence-electron chi connectivity index (χ1n) is 5.44. The average molecular weight is 224 g/mol. The lowest BCUT2D eigenvalue weighted by molar-refractivity contribution is 0.416. The molecule has 0 amide bonds. The van der Waals surface area contributed by atoms with Crippen LogP contribution in [0.15, 0.2) is 48.8 Å². The first-order chi connectivity index (χ1) is 8.38. The van der Waals surface area contributed by atoms with Crippen molar-refractivity contribution in [2.45, 2.75) is 0 Å². The molecular formula is C14H12N2O. The second-order valence-electron chi connectivity index (χ2n) is 3.85. The van der Waals surface area contributed by atoms with Crippen molar-refractivity contribution >= 4 is 10.9 Å². The van der Waals surface area contributed by atoms with Crippen molar-refractivity contribution in [3.8, 4) is 17.0 Å². The predicted octanol–water partition coefficient (Wildman–Crippen LogP) is 3.24. The van der Waals surface area contributed by atoms with Gasteiger partial charge in [-0.2, -0.15) is 0 Å². The molecule has 1 aromatic carbocycles. The number of benzene rings is 1. The lowest BCUT2D eigenvalue weighted by Crippen LogP contribution is -1.86. The number of pyridine rings is 1. The number of hydrogen-bond donors (Lipinski definition) is 1. The van der Waals surface area contributed by atoms with Crippen LogP contribution in [-0.2, 0) is 0 Å². The van der Waals surface area contributed by atoms with E-state index in [0.717, 1.165) is 27.9 Å². The minimum absolute atomic E-state index is 0.868. The van der Waals surface area contributed by atoms with E-state index in [9.17, 15) is 0 Å². The molecule has 3 aromatic rings. The van der Waals surface area contributed by atoms with Crippen LogP contribution in [0.3, 0.4) is 0 Å². The number of methoxy groups -OCH3 is 1. The van der Waals surface area contributed by atoms with Gasteiger partial charge in [0.1, 0.15) is 5.75 Å². The summed E-state index contributed by atoms with van der Waals surface area (Å²) in [4.78, 5) is 7.44. The number of rotatable bonds is 2. The van der Waals surface area contributed by atoms with Crippen molar-refractivity contribution < 1.29 is 4.74 Å². The second-order valence-corrected chi connectivity index (χ2v) is 3.85. The lowest BCUT2D eigenvalue weighted by atomic mass is 10.1. The minimum Gasteiger partial charge on any atom is -0.496 e. The standard InChI is InChI=1S/C14H12N2O/c1-17-14-5-3-2-4-11(14)12-8-10-6-7-15-9-13(10)16-12/h2-9,16H,1H3. The lowest BCUT2D eigenvalue weighted by Gasteiger charge is -2.05. The Bertz CT molecular complexity index is 625. The van der Waals surface area contributed by atoms with Gasteiger partial charge in [0.25, 0.3) is 0 Å². The first-order valence-corrected chi connectivity index (χ1v) is 5.44. The fraction of sp³-hybridized carbons (Fsp3) is 0.0714. The van der Waals surface area contributed by atoms with Gasteiger partial charge < -0.3 is 9.72 Å². The first kappa shape index (κ1) is 9.90. The van der Waals surface area contributed by atoms with Crippen molar-refractivity contribution in [1.29, 1.82) is 0 Å². The maximum absolute atomic E-state index is 5.36. The summed E-state index contributed by atoms with van der Waals surface area (Å²) in [5, 5.41) is 1.15. The molecule has 0 atom stereocenters. The van der Waals surface area contributed by atoms with Crippen molar-refractivity contribution in [2.75, 3.05) is 7.11 Å². The zero-order chi connectivity index (χ0) is 11.7. The number of nitrogens with one attached hydrogen (secondary N) is 1. The molecule has 0 aliphatic rings. The van der Waals surface area contributed by atoms with Crippen molar-refractivity contribution in [2.24, 2.45) is 0 Å². The number of aromatic amines is 1. The van der Waals surface area contributed by atoms with Crippen molar-refractivity contribution in [3.63, 3.8) is 0 Å². The Kier molecular flexibility index (Phi) is 2.29. The highest BCUT2D eigenvalue weighted by atomic mass is 16.5. The van der Waals surface area contributed by atoms with Gasteiger partial charge in [0.05, 0.1) is 24.5 Å². The molecule has 0 aliphatic carbocycles. The molecule has 0 saturated carbocycles. The van der Waals surface area contributed by atoms with E-state index in [0.29, 0.717) is 0 Å². The molecule has 2 aromatic heterocycles. The van der Waals surface area contributed by atoms with Gasteiger partial charge in [-0.15, -0.1) is 0 Å². The number of fused-ring (bicyclic) bond motifs is 1. The van der Waals surface area contributed by atoms with Crippen LogP contribution in [0.25, 0.3) is 22.2 Å². The van der Waals surface area contributed by atoms with Crippen LogP contribution in [0.1, 0.15) is 0 Å². The maximum atomic E-state index is 5.36. The molecule has 0 saturated heterocycles. The molecule has 0 fully saturated rings. The summed E-state index contributed by atoms with van der Waals surface area (Å²) in [6.07, 6.45) is 3.62. The Balaban J connectivity index is 2.20. The second kappa shape index (κ2) is 3.94. The fourth-order valence-corrected chi connectivity index (χ4v) is 1.98. The molecular weight excluding hydrogens is 212 g/mol. The molecule has 17 heavy (non-hydrogen) atoms. The highest BCUT2D eigenvalue weighted by Crippen LogP contribution is 2.30. The summed E-state index contributed by atoms with van der Waals surface area (Å²) in [6.45, 7) is 0. The predicted molar refractivity (Wildman–Crippen MR) is 68.1 cm³/mol. The highest BCUT2D eigenvalue weighted by Gasteiger charge is 2.07. The summed E-state index contributed by atoms with van der Waals surface area (Å²) >= 11 is 0. The zero-order valence-corrected chi connectivity index (χ0v) is 9.47. The van der Waals surface area contributed by atoms with Gasteiger partial charge in [-0.25, -0.2) is 0 Å². The number of hydrogen-bond acceptors (Lipinski definition) is 2. The summed E-state index contributed by atoms with van der Waals surface area (Å²) in [6, 6.07) is 12.1. The Labute approximate surface area is 99.1 Å². The van der Waals surface area contributed by atoms with Crippen molar-refractivity contribution in [1.82, 2.24) is 9.97 Å². The monoisotopic (exact) mass is 224 g/mol. The third-order valence-electron chi connectivity index (χ3n) is 2.82. The molecule has 3 nitrogen and oxygen atoms in total. The number of nitrogens with zero attached hydrogens (tertiary/aromatic N) is 1. The van der Waals surface area contributed by atoms with Crippen LogP contribution in [0, 0.1) is 0 Å². The van der Waals surface area contributed by atoms with E-state index in [-0.39, 0.29) is 0 Å². The SMILES string of the molecule is COc1ccccc1-c1cc2ccncc2[nH]1. The van der Waals surface area contributed by atoms with Gasteiger partial charge in [0, 0.05) is 17.1 Å². The van der Waals surface area contributed by atoms with E-state index in [4.69, 9.17) is 4.74 Å². The summed E-state index contributed by atoms with van der Waals surface area (Å²) < 4.78 is 5.36. The minimum atomic E-state index is 0.868. The van der Waals surface area contributed by atoms with Crippen LogP contribution < -0.4 is 4.74 Å². The fourth-order valence-electron chi connectivity index (χ4n) is 1.98. The Hall–Kier alpha value is -2.29. The van der Waals surface area contributed by atoms with Gasteiger partial charge in [-0.05, 0) is 24.3 Å².